The number of nitrogens with zero attached hydrogens (tertiary/aromatic N) is 1. The fraction of sp³-hybridized carbons (Fsp3) is 0.375. The number of carbonyl (C=O) groups is 2. The quantitative estimate of drug-likeness (QED) is 0.180. The number of nitrogens with one attached hydrogen (secondary N) is 2. The second-order valence-electron chi connectivity index (χ2n) is 11.1. The third-order valence-electron chi connectivity index (χ3n) is 7.54. The molecule has 4 rings (SSSR count). The topological polar surface area (TPSA) is 100 Å². The van der Waals surface area contributed by atoms with E-state index >= 15 is 0 Å². The Bertz CT molecular complexity index is 1530. The molecule has 0 radical (unpaired) electrons. The van der Waals surface area contributed by atoms with Crippen LogP contribution in [0.25, 0.3) is 0 Å². The van der Waals surface area contributed by atoms with Crippen molar-refractivity contribution in [3.63, 3.8) is 0 Å². The largest absolute Gasteiger partial charge is 0.573 e. The number of hydrogen-bond donors (Lipinski definition) is 3. The molecule has 48 heavy (non-hydrogen) atoms. The lowest BCUT2D eigenvalue weighted by Gasteiger charge is -2.33. The van der Waals surface area contributed by atoms with E-state index in [1.807, 2.05) is 0 Å². The normalized spacial score (nSPS) is 17.4. The van der Waals surface area contributed by atoms with Gasteiger partial charge in [0.15, 0.2) is 0 Å². The molecule has 0 unspecified atom stereocenters. The molecule has 0 spiro atoms. The molecule has 1 fully saturated rings. The lowest BCUT2D eigenvalue weighted by Crippen LogP contribution is -2.53. The average Bonchev–Trinajstić information content (AvgIpc) is 2.99. The van der Waals surface area contributed by atoms with Crippen LogP contribution in [0.4, 0.5) is 45.6 Å². The van der Waals surface area contributed by atoms with Crippen LogP contribution in [0, 0.1) is 11.6 Å². The lowest BCUT2D eigenvalue weighted by atomic mass is 9.88. The number of alkyl halides is 6. The number of rotatable bonds is 12. The van der Waals surface area contributed by atoms with Gasteiger partial charge in [0.2, 0.25) is 5.91 Å². The zero-order valence-corrected chi connectivity index (χ0v) is 25.1. The van der Waals surface area contributed by atoms with E-state index in [2.05, 4.69) is 15.4 Å². The summed E-state index contributed by atoms with van der Waals surface area (Å²) >= 11 is 0. The smallest absolute Gasteiger partial charge is 0.465 e. The molecule has 260 valence electrons. The number of morpholine rings is 1. The van der Waals surface area contributed by atoms with Crippen molar-refractivity contribution in [1.29, 1.82) is 0 Å². The van der Waals surface area contributed by atoms with E-state index in [4.69, 9.17) is 9.84 Å². The summed E-state index contributed by atoms with van der Waals surface area (Å²) in [5.74, 6) is -2.89. The first-order valence-electron chi connectivity index (χ1n) is 14.6. The number of ether oxygens (including phenoxy) is 2. The van der Waals surface area contributed by atoms with Gasteiger partial charge in [-0.05, 0) is 60.4 Å². The van der Waals surface area contributed by atoms with Crippen LogP contribution in [0.2, 0.25) is 0 Å². The summed E-state index contributed by atoms with van der Waals surface area (Å²) in [4.78, 5) is 24.8. The maximum Gasteiger partial charge on any atom is 0.573 e. The van der Waals surface area contributed by atoms with Crippen molar-refractivity contribution in [3.8, 4) is 5.75 Å². The summed E-state index contributed by atoms with van der Waals surface area (Å²) in [7, 11) is 0. The van der Waals surface area contributed by atoms with Crippen LogP contribution in [0.15, 0.2) is 66.7 Å². The molecule has 0 aromatic heterocycles. The summed E-state index contributed by atoms with van der Waals surface area (Å²) in [5, 5.41) is 14.7. The Morgan fingerprint density at radius 2 is 1.62 bits per heavy atom. The minimum Gasteiger partial charge on any atom is -0.465 e. The third kappa shape index (κ3) is 11.1. The van der Waals surface area contributed by atoms with Crippen LogP contribution in [0.1, 0.15) is 35.4 Å². The standard InChI is InChI=1S/C32H31F8N3O5/c33-21-8-4-19(5-9-21)26(20-6-10-23(11-7-20)48-32(38,39)40)14-29(44)42-28-3-1-2-27(34)25(28)13-12-24-15-41-22(17-47-24)16-43(30(45)46)18-31(35,36)37/h1-11,22,24,26,41H,12-18H2,(H,42,44)(H,45,46)/t22-,24+,26-/m0/s1. The monoisotopic (exact) mass is 689 g/mol. The van der Waals surface area contributed by atoms with Gasteiger partial charge in [-0.25, -0.2) is 13.6 Å². The van der Waals surface area contributed by atoms with Crippen LogP contribution in [-0.2, 0) is 16.0 Å². The highest BCUT2D eigenvalue weighted by molar-refractivity contribution is 5.92. The predicted octanol–water partition coefficient (Wildman–Crippen LogP) is 6.86. The first-order valence-corrected chi connectivity index (χ1v) is 14.6. The summed E-state index contributed by atoms with van der Waals surface area (Å²) in [6, 6.07) is 13.5. The van der Waals surface area contributed by atoms with Gasteiger partial charge in [-0.3, -0.25) is 9.69 Å². The van der Waals surface area contributed by atoms with Gasteiger partial charge in [-0.1, -0.05) is 30.3 Å². The van der Waals surface area contributed by atoms with Crippen molar-refractivity contribution in [2.24, 2.45) is 0 Å². The van der Waals surface area contributed by atoms with Crippen LogP contribution >= 0.6 is 0 Å². The van der Waals surface area contributed by atoms with E-state index in [1.54, 1.807) is 0 Å². The Balaban J connectivity index is 1.39. The SMILES string of the molecule is O=C(C[C@@H](c1ccc(F)cc1)c1ccc(OC(F)(F)F)cc1)Nc1cccc(F)c1CC[C@@H]1CN[C@@H](CN(CC(F)(F)F)C(=O)O)CO1. The van der Waals surface area contributed by atoms with Crippen molar-refractivity contribution in [2.45, 2.75) is 49.9 Å². The van der Waals surface area contributed by atoms with E-state index in [9.17, 15) is 44.7 Å². The van der Waals surface area contributed by atoms with Gasteiger partial charge in [0.1, 0.15) is 23.9 Å². The van der Waals surface area contributed by atoms with Gasteiger partial charge in [0.25, 0.3) is 0 Å². The highest BCUT2D eigenvalue weighted by Gasteiger charge is 2.35. The first-order chi connectivity index (χ1) is 22.6. The molecule has 1 saturated heterocycles. The fourth-order valence-electron chi connectivity index (χ4n) is 5.31. The Kier molecular flexibility index (Phi) is 11.9. The molecule has 1 aliphatic heterocycles. The number of halogens is 8. The molecule has 3 aromatic carbocycles. The average molecular weight is 690 g/mol. The summed E-state index contributed by atoms with van der Waals surface area (Å²) < 4.78 is 114. The summed E-state index contributed by atoms with van der Waals surface area (Å²) in [6.45, 7) is -2.00. The molecule has 0 saturated carbocycles. The second-order valence-corrected chi connectivity index (χ2v) is 11.1. The molecule has 1 aliphatic rings. The molecule has 1 heterocycles. The van der Waals surface area contributed by atoms with Crippen LogP contribution < -0.4 is 15.4 Å². The highest BCUT2D eigenvalue weighted by atomic mass is 19.4. The Labute approximate surface area is 269 Å². The number of benzene rings is 3. The second kappa shape index (κ2) is 15.6. The van der Waals surface area contributed by atoms with E-state index in [0.717, 1.165) is 12.1 Å². The molecule has 2 amide bonds. The van der Waals surface area contributed by atoms with Crippen molar-refractivity contribution >= 4 is 17.7 Å². The van der Waals surface area contributed by atoms with Gasteiger partial charge in [0, 0.05) is 42.7 Å². The molecular formula is C32H31F8N3O5. The molecule has 8 nitrogen and oxygen atoms in total. The third-order valence-corrected chi connectivity index (χ3v) is 7.54. The fourth-order valence-corrected chi connectivity index (χ4v) is 5.31. The Morgan fingerprint density at radius 1 is 0.979 bits per heavy atom. The van der Waals surface area contributed by atoms with Crippen LogP contribution in [-0.4, -0.2) is 72.9 Å². The Hall–Kier alpha value is -4.44. The number of anilines is 1. The zero-order valence-electron chi connectivity index (χ0n) is 25.1. The van der Waals surface area contributed by atoms with E-state index in [1.165, 1.54) is 54.6 Å². The maximum atomic E-state index is 15.0. The van der Waals surface area contributed by atoms with E-state index in [0.29, 0.717) is 11.1 Å². The predicted molar refractivity (Wildman–Crippen MR) is 157 cm³/mol. The molecule has 3 aromatic rings. The summed E-state index contributed by atoms with van der Waals surface area (Å²) in [6.07, 6.45) is -11.7. The number of carboxylic acid groups (broad SMARTS) is 1. The van der Waals surface area contributed by atoms with E-state index in [-0.39, 0.29) is 48.6 Å². The summed E-state index contributed by atoms with van der Waals surface area (Å²) in [5.41, 5.74) is 1.26. The minimum atomic E-state index is -4.90. The molecule has 0 bridgehead atoms. The van der Waals surface area contributed by atoms with Gasteiger partial charge < -0.3 is 25.2 Å². The minimum absolute atomic E-state index is 0.0821. The van der Waals surface area contributed by atoms with Gasteiger partial charge in [-0.2, -0.15) is 13.2 Å². The number of amides is 2. The van der Waals surface area contributed by atoms with Crippen molar-refractivity contribution in [1.82, 2.24) is 10.2 Å². The molecule has 3 N–H and O–H groups in total. The molecule has 16 heteroatoms. The molecule has 0 aliphatic carbocycles. The van der Waals surface area contributed by atoms with Crippen molar-refractivity contribution in [3.05, 3.63) is 95.1 Å². The zero-order chi connectivity index (χ0) is 35.1. The van der Waals surface area contributed by atoms with Gasteiger partial charge >= 0.3 is 18.6 Å². The van der Waals surface area contributed by atoms with E-state index < -0.39 is 73.1 Å². The molecular weight excluding hydrogens is 658 g/mol. The number of hydrogen-bond acceptors (Lipinski definition) is 5. The van der Waals surface area contributed by atoms with Gasteiger partial charge in [0.05, 0.1) is 12.7 Å². The number of carbonyl (C=O) groups excluding carboxylic acids is 1. The molecule has 3 atom stereocenters. The highest BCUT2D eigenvalue weighted by Crippen LogP contribution is 2.32. The lowest BCUT2D eigenvalue weighted by molar-refractivity contribution is -0.274. The Morgan fingerprint density at radius 3 is 2.19 bits per heavy atom. The van der Waals surface area contributed by atoms with Crippen LogP contribution in [0.5, 0.6) is 5.75 Å². The van der Waals surface area contributed by atoms with Crippen LogP contribution in [0.3, 0.4) is 0 Å². The van der Waals surface area contributed by atoms with Crippen molar-refractivity contribution < 1.29 is 59.3 Å². The first kappa shape index (κ1) is 36.4. The van der Waals surface area contributed by atoms with Crippen molar-refractivity contribution in [2.75, 3.05) is 31.6 Å². The maximum absolute atomic E-state index is 15.0. The van der Waals surface area contributed by atoms with Gasteiger partial charge in [-0.15, -0.1) is 13.2 Å².